The molecule has 4 aromatic rings. The van der Waals surface area contributed by atoms with Crippen LogP contribution in [0.4, 0.5) is 4.39 Å². The Labute approximate surface area is 170 Å². The highest BCUT2D eigenvalue weighted by Crippen LogP contribution is 2.26. The minimum Gasteiger partial charge on any atom is -0.352 e. The van der Waals surface area contributed by atoms with Crippen LogP contribution in [0.1, 0.15) is 17.7 Å². The molecule has 0 bridgehead atoms. The van der Waals surface area contributed by atoms with Crippen molar-refractivity contribution in [3.05, 3.63) is 82.2 Å². The van der Waals surface area contributed by atoms with Gasteiger partial charge in [0.15, 0.2) is 4.96 Å². The van der Waals surface area contributed by atoms with Crippen LogP contribution in [0, 0.1) is 5.82 Å². The Balaban J connectivity index is 1.42. The number of aryl methyl sites for hydroxylation is 1. The van der Waals surface area contributed by atoms with Gasteiger partial charge in [0.1, 0.15) is 5.82 Å². The van der Waals surface area contributed by atoms with Gasteiger partial charge in [-0.3, -0.25) is 9.20 Å². The fourth-order valence-corrected chi connectivity index (χ4v) is 4.08. The van der Waals surface area contributed by atoms with Crippen LogP contribution in [-0.4, -0.2) is 15.3 Å². The van der Waals surface area contributed by atoms with E-state index in [1.165, 1.54) is 17.4 Å². The van der Waals surface area contributed by atoms with Gasteiger partial charge in [0, 0.05) is 40.8 Å². The highest BCUT2D eigenvalue weighted by atomic mass is 35.5. The molecule has 0 fully saturated rings. The van der Waals surface area contributed by atoms with Crippen LogP contribution in [0.3, 0.4) is 0 Å². The minimum atomic E-state index is -0.297. The summed E-state index contributed by atoms with van der Waals surface area (Å²) in [5, 5.41) is 5.52. The summed E-state index contributed by atoms with van der Waals surface area (Å²) in [4.78, 5) is 17.5. The van der Waals surface area contributed by atoms with E-state index in [1.807, 2.05) is 34.2 Å². The lowest BCUT2D eigenvalue weighted by Crippen LogP contribution is -2.23. The average molecular weight is 414 g/mol. The number of imidazole rings is 1. The lowest BCUT2D eigenvalue weighted by Gasteiger charge is -2.06. The molecule has 0 saturated carbocycles. The normalized spacial score (nSPS) is 11.1. The van der Waals surface area contributed by atoms with Crippen molar-refractivity contribution >= 4 is 33.8 Å². The van der Waals surface area contributed by atoms with Gasteiger partial charge in [-0.05, 0) is 30.2 Å². The van der Waals surface area contributed by atoms with E-state index in [4.69, 9.17) is 11.6 Å². The SMILES string of the molecule is O=C(CCc1csc2nc(-c3ccccc3F)cn12)NCc1ccccc1Cl. The summed E-state index contributed by atoms with van der Waals surface area (Å²) < 4.78 is 15.9. The third kappa shape index (κ3) is 3.93. The Morgan fingerprint density at radius 1 is 1.18 bits per heavy atom. The first-order chi connectivity index (χ1) is 13.6. The number of aromatic nitrogens is 2. The second-order valence-corrected chi connectivity index (χ2v) is 7.60. The summed E-state index contributed by atoms with van der Waals surface area (Å²) in [6, 6.07) is 14.0. The molecule has 7 heteroatoms. The Hall–Kier alpha value is -2.70. The summed E-state index contributed by atoms with van der Waals surface area (Å²) in [5.74, 6) is -0.345. The molecule has 0 unspecified atom stereocenters. The van der Waals surface area contributed by atoms with Crippen LogP contribution >= 0.6 is 22.9 Å². The molecule has 2 aromatic heterocycles. The Morgan fingerprint density at radius 2 is 1.96 bits per heavy atom. The molecule has 0 spiro atoms. The predicted octanol–water partition coefficient (Wildman–Crippen LogP) is 5.10. The van der Waals surface area contributed by atoms with Crippen LogP contribution in [-0.2, 0) is 17.8 Å². The van der Waals surface area contributed by atoms with Crippen molar-refractivity contribution in [3.63, 3.8) is 0 Å². The second kappa shape index (κ2) is 8.12. The highest BCUT2D eigenvalue weighted by molar-refractivity contribution is 7.15. The predicted molar refractivity (Wildman–Crippen MR) is 110 cm³/mol. The number of amides is 1. The topological polar surface area (TPSA) is 46.4 Å². The number of nitrogens with one attached hydrogen (secondary N) is 1. The number of halogens is 2. The summed E-state index contributed by atoms with van der Waals surface area (Å²) in [6.45, 7) is 0.403. The van der Waals surface area contributed by atoms with E-state index in [2.05, 4.69) is 10.3 Å². The van der Waals surface area contributed by atoms with Gasteiger partial charge in [-0.25, -0.2) is 9.37 Å². The van der Waals surface area contributed by atoms with Gasteiger partial charge in [0.05, 0.1) is 5.69 Å². The molecule has 0 aliphatic rings. The Bertz CT molecular complexity index is 1140. The monoisotopic (exact) mass is 413 g/mol. The third-order valence-electron chi connectivity index (χ3n) is 4.48. The molecule has 0 atom stereocenters. The number of carbonyl (C=O) groups is 1. The van der Waals surface area contributed by atoms with Gasteiger partial charge in [-0.2, -0.15) is 0 Å². The second-order valence-electron chi connectivity index (χ2n) is 6.35. The first-order valence-corrected chi connectivity index (χ1v) is 10.1. The molecule has 142 valence electrons. The zero-order valence-corrected chi connectivity index (χ0v) is 16.4. The van der Waals surface area contributed by atoms with Crippen molar-refractivity contribution in [1.82, 2.24) is 14.7 Å². The number of benzene rings is 2. The largest absolute Gasteiger partial charge is 0.352 e. The standard InChI is InChI=1S/C21H17ClFN3OS/c22-17-7-3-1-5-14(17)11-24-20(27)10-9-15-13-28-21-25-19(12-26(15)21)16-6-2-4-8-18(16)23/h1-8,12-13H,9-11H2,(H,24,27). The van der Waals surface area contributed by atoms with Gasteiger partial charge in [0.25, 0.3) is 0 Å². The maximum atomic E-state index is 14.0. The van der Waals surface area contributed by atoms with E-state index < -0.39 is 0 Å². The molecular formula is C21H17ClFN3OS. The summed E-state index contributed by atoms with van der Waals surface area (Å²) in [5.41, 5.74) is 2.93. The van der Waals surface area contributed by atoms with Crippen molar-refractivity contribution in [3.8, 4) is 11.3 Å². The van der Waals surface area contributed by atoms with E-state index in [0.29, 0.717) is 35.7 Å². The molecule has 28 heavy (non-hydrogen) atoms. The maximum absolute atomic E-state index is 14.0. The fourth-order valence-electron chi connectivity index (χ4n) is 2.97. The van der Waals surface area contributed by atoms with Crippen LogP contribution in [0.5, 0.6) is 0 Å². The molecule has 1 N–H and O–H groups in total. The lowest BCUT2D eigenvalue weighted by atomic mass is 10.1. The van der Waals surface area contributed by atoms with Crippen molar-refractivity contribution in [2.45, 2.75) is 19.4 Å². The van der Waals surface area contributed by atoms with Crippen molar-refractivity contribution in [2.75, 3.05) is 0 Å². The molecular weight excluding hydrogens is 397 g/mol. The van der Waals surface area contributed by atoms with Gasteiger partial charge < -0.3 is 5.32 Å². The maximum Gasteiger partial charge on any atom is 0.220 e. The quantitative estimate of drug-likeness (QED) is 0.477. The lowest BCUT2D eigenvalue weighted by molar-refractivity contribution is -0.121. The Morgan fingerprint density at radius 3 is 2.79 bits per heavy atom. The van der Waals surface area contributed by atoms with Crippen molar-refractivity contribution in [1.29, 1.82) is 0 Å². The number of fused-ring (bicyclic) bond motifs is 1. The molecule has 4 rings (SSSR count). The molecule has 2 aromatic carbocycles. The number of rotatable bonds is 6. The van der Waals surface area contributed by atoms with Crippen molar-refractivity contribution < 1.29 is 9.18 Å². The fraction of sp³-hybridized carbons (Fsp3) is 0.143. The highest BCUT2D eigenvalue weighted by Gasteiger charge is 2.13. The molecule has 0 radical (unpaired) electrons. The average Bonchev–Trinajstić information content (AvgIpc) is 3.27. The molecule has 4 nitrogen and oxygen atoms in total. The summed E-state index contributed by atoms with van der Waals surface area (Å²) in [7, 11) is 0. The van der Waals surface area contributed by atoms with Gasteiger partial charge in [-0.15, -0.1) is 11.3 Å². The number of hydrogen-bond donors (Lipinski definition) is 1. The van der Waals surface area contributed by atoms with Crippen LogP contribution < -0.4 is 5.32 Å². The first kappa shape index (κ1) is 18.7. The van der Waals surface area contributed by atoms with E-state index in [0.717, 1.165) is 16.2 Å². The zero-order chi connectivity index (χ0) is 19.5. The first-order valence-electron chi connectivity index (χ1n) is 8.82. The molecule has 1 amide bonds. The van der Waals surface area contributed by atoms with Gasteiger partial charge >= 0.3 is 0 Å². The Kier molecular flexibility index (Phi) is 5.41. The molecule has 2 heterocycles. The van der Waals surface area contributed by atoms with Crippen LogP contribution in [0.25, 0.3) is 16.2 Å². The molecule has 0 aliphatic carbocycles. The van der Waals surface area contributed by atoms with E-state index in [9.17, 15) is 9.18 Å². The van der Waals surface area contributed by atoms with Gasteiger partial charge in [0.2, 0.25) is 5.91 Å². The molecule has 0 aliphatic heterocycles. The number of nitrogens with zero attached hydrogens (tertiary/aromatic N) is 2. The molecule has 0 saturated heterocycles. The van der Waals surface area contributed by atoms with E-state index in [-0.39, 0.29) is 11.7 Å². The minimum absolute atomic E-state index is 0.0475. The smallest absolute Gasteiger partial charge is 0.220 e. The summed E-state index contributed by atoms with van der Waals surface area (Å²) in [6.07, 6.45) is 2.74. The zero-order valence-electron chi connectivity index (χ0n) is 14.9. The van der Waals surface area contributed by atoms with Crippen LogP contribution in [0.15, 0.2) is 60.1 Å². The number of thiazole rings is 1. The van der Waals surface area contributed by atoms with Gasteiger partial charge in [-0.1, -0.05) is 41.9 Å². The van der Waals surface area contributed by atoms with Crippen molar-refractivity contribution in [2.24, 2.45) is 0 Å². The number of hydrogen-bond acceptors (Lipinski definition) is 3. The third-order valence-corrected chi connectivity index (χ3v) is 5.73. The van der Waals surface area contributed by atoms with Crippen LogP contribution in [0.2, 0.25) is 5.02 Å². The van der Waals surface area contributed by atoms with E-state index >= 15 is 0 Å². The summed E-state index contributed by atoms with van der Waals surface area (Å²) >= 11 is 7.59. The number of carbonyl (C=O) groups excluding carboxylic acids is 1. The van der Waals surface area contributed by atoms with E-state index in [1.54, 1.807) is 24.3 Å².